The fraction of sp³-hybridized carbons (Fsp3) is 0.211. The number of nitrogens with zero attached hydrogens (tertiary/aromatic N) is 3. The van der Waals surface area contributed by atoms with Crippen molar-refractivity contribution in [2.24, 2.45) is 5.10 Å². The van der Waals surface area contributed by atoms with Crippen LogP contribution in [-0.4, -0.2) is 37.4 Å². The van der Waals surface area contributed by atoms with Crippen LogP contribution in [0.5, 0.6) is 0 Å². The number of hydrazone groups is 1. The average molecular weight is 326 g/mol. The number of halogens is 1. The Labute approximate surface area is 142 Å². The van der Waals surface area contributed by atoms with Gasteiger partial charge in [-0.25, -0.2) is 0 Å². The number of piperazine rings is 1. The summed E-state index contributed by atoms with van der Waals surface area (Å²) in [4.78, 5) is 2.36. The lowest BCUT2D eigenvalue weighted by atomic mass is 10.2. The first-order valence-electron chi connectivity index (χ1n) is 7.82. The molecule has 1 aliphatic rings. The van der Waals surface area contributed by atoms with Gasteiger partial charge in [-0.1, -0.05) is 48.0 Å². The van der Waals surface area contributed by atoms with Gasteiger partial charge in [0.25, 0.3) is 0 Å². The van der Waals surface area contributed by atoms with Gasteiger partial charge >= 0.3 is 0 Å². The molecule has 0 aromatic heterocycles. The zero-order chi connectivity index (χ0) is 15.9. The third-order valence-corrected chi connectivity index (χ3v) is 4.10. The molecule has 1 fully saturated rings. The van der Waals surface area contributed by atoms with E-state index in [1.54, 1.807) is 0 Å². The minimum atomic E-state index is 0.780. The third-order valence-electron chi connectivity index (χ3n) is 3.85. The highest BCUT2D eigenvalue weighted by atomic mass is 35.5. The Morgan fingerprint density at radius 2 is 1.57 bits per heavy atom. The van der Waals surface area contributed by atoms with Crippen molar-refractivity contribution in [1.29, 1.82) is 0 Å². The van der Waals surface area contributed by atoms with Gasteiger partial charge in [0.1, 0.15) is 0 Å². The Balaban J connectivity index is 1.48. The molecule has 4 heteroatoms. The van der Waals surface area contributed by atoms with Crippen LogP contribution in [0, 0.1) is 0 Å². The van der Waals surface area contributed by atoms with E-state index in [1.807, 2.05) is 42.6 Å². The third kappa shape index (κ3) is 4.60. The smallest absolute Gasteiger partial charge is 0.0536 e. The molecule has 1 aliphatic heterocycles. The molecular weight excluding hydrogens is 306 g/mol. The van der Waals surface area contributed by atoms with Crippen LogP contribution in [0.1, 0.15) is 5.56 Å². The van der Waals surface area contributed by atoms with Gasteiger partial charge in [-0.2, -0.15) is 5.10 Å². The van der Waals surface area contributed by atoms with Crippen molar-refractivity contribution in [1.82, 2.24) is 5.01 Å². The van der Waals surface area contributed by atoms with Gasteiger partial charge in [-0.05, 0) is 35.9 Å². The Kier molecular flexibility index (Phi) is 5.33. The average Bonchev–Trinajstić information content (AvgIpc) is 2.61. The summed E-state index contributed by atoms with van der Waals surface area (Å²) >= 11 is 5.94. The number of allylic oxidation sites excluding steroid dienone is 1. The highest BCUT2D eigenvalue weighted by molar-refractivity contribution is 6.30. The molecule has 0 unspecified atom stereocenters. The fourth-order valence-corrected chi connectivity index (χ4v) is 2.70. The monoisotopic (exact) mass is 325 g/mol. The maximum Gasteiger partial charge on any atom is 0.0536 e. The molecule has 0 radical (unpaired) electrons. The Bertz CT molecular complexity index is 657. The first-order chi connectivity index (χ1) is 11.3. The van der Waals surface area contributed by atoms with Crippen molar-refractivity contribution in [3.8, 4) is 0 Å². The van der Waals surface area contributed by atoms with E-state index < -0.39 is 0 Å². The Hall–Kier alpha value is -2.26. The first-order valence-corrected chi connectivity index (χ1v) is 8.20. The summed E-state index contributed by atoms with van der Waals surface area (Å²) in [5.74, 6) is 0. The van der Waals surface area contributed by atoms with Gasteiger partial charge in [0, 0.05) is 30.0 Å². The van der Waals surface area contributed by atoms with E-state index in [1.165, 1.54) is 11.3 Å². The number of hydrogen-bond acceptors (Lipinski definition) is 3. The van der Waals surface area contributed by atoms with E-state index in [-0.39, 0.29) is 0 Å². The van der Waals surface area contributed by atoms with Crippen molar-refractivity contribution in [2.45, 2.75) is 0 Å². The predicted molar refractivity (Wildman–Crippen MR) is 99.2 cm³/mol. The van der Waals surface area contributed by atoms with E-state index in [4.69, 9.17) is 11.6 Å². The van der Waals surface area contributed by atoms with E-state index in [0.717, 1.165) is 31.2 Å². The molecule has 3 nitrogen and oxygen atoms in total. The van der Waals surface area contributed by atoms with Crippen LogP contribution in [0.25, 0.3) is 6.08 Å². The van der Waals surface area contributed by atoms with Gasteiger partial charge in [-0.15, -0.1) is 0 Å². The van der Waals surface area contributed by atoms with E-state index in [0.29, 0.717) is 0 Å². The summed E-state index contributed by atoms with van der Waals surface area (Å²) < 4.78 is 0. The molecule has 23 heavy (non-hydrogen) atoms. The summed E-state index contributed by atoms with van der Waals surface area (Å²) in [6.45, 7) is 3.80. The summed E-state index contributed by atoms with van der Waals surface area (Å²) in [6, 6.07) is 18.3. The molecule has 0 spiro atoms. The molecule has 1 heterocycles. The van der Waals surface area contributed by atoms with Gasteiger partial charge in [0.15, 0.2) is 0 Å². The molecule has 0 saturated carbocycles. The number of hydrogen-bond donors (Lipinski definition) is 0. The van der Waals surface area contributed by atoms with Crippen LogP contribution >= 0.6 is 11.6 Å². The second-order valence-electron chi connectivity index (χ2n) is 5.45. The Morgan fingerprint density at radius 3 is 2.26 bits per heavy atom. The number of anilines is 1. The van der Waals surface area contributed by atoms with Crippen molar-refractivity contribution in [3.63, 3.8) is 0 Å². The van der Waals surface area contributed by atoms with Crippen LogP contribution in [0.2, 0.25) is 5.02 Å². The van der Waals surface area contributed by atoms with Crippen LogP contribution in [0.3, 0.4) is 0 Å². The first kappa shape index (κ1) is 15.6. The van der Waals surface area contributed by atoms with E-state index >= 15 is 0 Å². The minimum absolute atomic E-state index is 0.780. The SMILES string of the molecule is Clc1ccc(N2CCN(N=CC=Cc3ccccc3)CC2)cc1. The Morgan fingerprint density at radius 1 is 0.870 bits per heavy atom. The minimum Gasteiger partial charge on any atom is -0.368 e. The molecule has 3 rings (SSSR count). The largest absolute Gasteiger partial charge is 0.368 e. The van der Waals surface area contributed by atoms with Crippen molar-refractivity contribution in [3.05, 3.63) is 71.3 Å². The predicted octanol–water partition coefficient (Wildman–Crippen LogP) is 4.16. The standard InChI is InChI=1S/C19H20ClN3/c20-18-8-10-19(11-9-18)22-13-15-23(16-14-22)21-12-4-7-17-5-2-1-3-6-17/h1-12H,13-16H2. The quantitative estimate of drug-likeness (QED) is 0.786. The van der Waals surface area contributed by atoms with Crippen LogP contribution in [0.15, 0.2) is 65.8 Å². The molecule has 118 valence electrons. The molecular formula is C19H20ClN3. The van der Waals surface area contributed by atoms with Gasteiger partial charge in [0.05, 0.1) is 13.1 Å². The lowest BCUT2D eigenvalue weighted by Crippen LogP contribution is -2.44. The number of rotatable bonds is 4. The molecule has 0 bridgehead atoms. The normalized spacial score (nSPS) is 15.7. The van der Waals surface area contributed by atoms with Crippen LogP contribution in [-0.2, 0) is 0 Å². The molecule has 0 aliphatic carbocycles. The number of benzene rings is 2. The maximum absolute atomic E-state index is 5.94. The molecule has 2 aromatic carbocycles. The van der Waals surface area contributed by atoms with Crippen molar-refractivity contribution >= 4 is 29.6 Å². The second kappa shape index (κ2) is 7.84. The van der Waals surface area contributed by atoms with Crippen LogP contribution in [0.4, 0.5) is 5.69 Å². The van der Waals surface area contributed by atoms with Crippen LogP contribution < -0.4 is 4.90 Å². The lowest BCUT2D eigenvalue weighted by Gasteiger charge is -2.34. The van der Waals surface area contributed by atoms with Crippen molar-refractivity contribution in [2.75, 3.05) is 31.1 Å². The maximum atomic E-state index is 5.94. The van der Waals surface area contributed by atoms with E-state index in [9.17, 15) is 0 Å². The second-order valence-corrected chi connectivity index (χ2v) is 5.89. The summed E-state index contributed by atoms with van der Waals surface area (Å²) in [5.41, 5.74) is 2.41. The zero-order valence-electron chi connectivity index (χ0n) is 13.0. The molecule has 1 saturated heterocycles. The summed E-state index contributed by atoms with van der Waals surface area (Å²) in [6.07, 6.45) is 5.92. The topological polar surface area (TPSA) is 18.8 Å². The molecule has 2 aromatic rings. The zero-order valence-corrected chi connectivity index (χ0v) is 13.7. The van der Waals surface area contributed by atoms with Crippen molar-refractivity contribution < 1.29 is 0 Å². The van der Waals surface area contributed by atoms with Gasteiger partial charge in [0.2, 0.25) is 0 Å². The summed E-state index contributed by atoms with van der Waals surface area (Å²) in [5, 5.41) is 7.41. The van der Waals surface area contributed by atoms with Gasteiger partial charge < -0.3 is 4.90 Å². The molecule has 0 N–H and O–H groups in total. The van der Waals surface area contributed by atoms with Gasteiger partial charge in [-0.3, -0.25) is 5.01 Å². The lowest BCUT2D eigenvalue weighted by molar-refractivity contribution is 0.272. The fourth-order valence-electron chi connectivity index (χ4n) is 2.57. The molecule has 0 amide bonds. The molecule has 0 atom stereocenters. The highest BCUT2D eigenvalue weighted by Gasteiger charge is 2.15. The highest BCUT2D eigenvalue weighted by Crippen LogP contribution is 2.19. The summed E-state index contributed by atoms with van der Waals surface area (Å²) in [7, 11) is 0. The van der Waals surface area contributed by atoms with E-state index in [2.05, 4.69) is 45.4 Å².